The lowest BCUT2D eigenvalue weighted by molar-refractivity contribution is -0.145. The van der Waals surface area contributed by atoms with Crippen LogP contribution in [0, 0.1) is 5.92 Å². The molecular formula is C19H26N2O5S. The Morgan fingerprint density at radius 3 is 2.30 bits per heavy atom. The monoisotopic (exact) mass is 394 g/mol. The fourth-order valence-corrected chi connectivity index (χ4v) is 5.24. The summed E-state index contributed by atoms with van der Waals surface area (Å²) in [4.78, 5) is 25.5. The number of benzene rings is 1. The highest BCUT2D eigenvalue weighted by Gasteiger charge is 2.28. The number of sulfonamides is 1. The number of nitrogens with zero attached hydrogens (tertiary/aromatic N) is 2. The Balaban J connectivity index is 1.63. The summed E-state index contributed by atoms with van der Waals surface area (Å²) in [6.45, 7) is 1.93. The van der Waals surface area contributed by atoms with E-state index >= 15 is 0 Å². The molecule has 2 aliphatic rings. The summed E-state index contributed by atoms with van der Waals surface area (Å²) >= 11 is 0. The zero-order valence-corrected chi connectivity index (χ0v) is 16.2. The van der Waals surface area contributed by atoms with Crippen molar-refractivity contribution >= 4 is 21.9 Å². The van der Waals surface area contributed by atoms with Gasteiger partial charge in [0.25, 0.3) is 0 Å². The first-order valence-corrected chi connectivity index (χ1v) is 10.9. The first-order chi connectivity index (χ1) is 12.9. The fourth-order valence-electron chi connectivity index (χ4n) is 3.73. The smallest absolute Gasteiger partial charge is 0.308 e. The van der Waals surface area contributed by atoms with Gasteiger partial charge in [0.2, 0.25) is 15.9 Å². The summed E-state index contributed by atoms with van der Waals surface area (Å²) in [6, 6.07) is 6.46. The molecule has 1 atom stereocenters. The number of likely N-dealkylation sites (tertiary alicyclic amines) is 1. The van der Waals surface area contributed by atoms with Gasteiger partial charge in [-0.1, -0.05) is 18.6 Å². The number of carbonyl (C=O) groups excluding carboxylic acids is 1. The van der Waals surface area contributed by atoms with E-state index in [0.717, 1.165) is 24.8 Å². The maximum atomic E-state index is 12.7. The van der Waals surface area contributed by atoms with Gasteiger partial charge in [-0.05, 0) is 43.4 Å². The maximum absolute atomic E-state index is 12.7. The van der Waals surface area contributed by atoms with Crippen molar-refractivity contribution in [3.63, 3.8) is 0 Å². The second-order valence-electron chi connectivity index (χ2n) is 7.30. The number of aliphatic carboxylic acids is 1. The predicted octanol–water partition coefficient (Wildman–Crippen LogP) is 1.73. The molecule has 27 heavy (non-hydrogen) atoms. The highest BCUT2D eigenvalue weighted by atomic mass is 32.2. The van der Waals surface area contributed by atoms with E-state index in [-0.39, 0.29) is 23.8 Å². The number of carbonyl (C=O) groups is 2. The molecule has 1 amide bonds. The minimum Gasteiger partial charge on any atom is -0.481 e. The molecular weight excluding hydrogens is 368 g/mol. The first-order valence-electron chi connectivity index (χ1n) is 9.47. The summed E-state index contributed by atoms with van der Waals surface area (Å²) in [6.07, 6.45) is 4.28. The SMILES string of the molecule is O=C(O)C1CCCN(C(=O)Cc2ccc(S(=O)(=O)N3CCCCC3)cc2)C1. The third-order valence-corrected chi connectivity index (χ3v) is 7.27. The van der Waals surface area contributed by atoms with Crippen LogP contribution in [0.4, 0.5) is 0 Å². The van der Waals surface area contributed by atoms with Crippen LogP contribution in [-0.4, -0.2) is 60.8 Å². The average molecular weight is 394 g/mol. The number of carboxylic acid groups (broad SMARTS) is 1. The molecule has 7 nitrogen and oxygen atoms in total. The van der Waals surface area contributed by atoms with E-state index in [9.17, 15) is 18.0 Å². The van der Waals surface area contributed by atoms with Crippen molar-refractivity contribution in [2.75, 3.05) is 26.2 Å². The molecule has 8 heteroatoms. The zero-order valence-electron chi connectivity index (χ0n) is 15.3. The Morgan fingerprint density at radius 1 is 1.00 bits per heavy atom. The lowest BCUT2D eigenvalue weighted by Gasteiger charge is -2.30. The second-order valence-corrected chi connectivity index (χ2v) is 9.24. The molecule has 2 heterocycles. The van der Waals surface area contributed by atoms with Crippen molar-refractivity contribution in [1.82, 2.24) is 9.21 Å². The van der Waals surface area contributed by atoms with E-state index in [2.05, 4.69) is 0 Å². The van der Waals surface area contributed by atoms with Gasteiger partial charge in [-0.2, -0.15) is 4.31 Å². The van der Waals surface area contributed by atoms with E-state index in [1.54, 1.807) is 29.2 Å². The fraction of sp³-hybridized carbons (Fsp3) is 0.579. The van der Waals surface area contributed by atoms with E-state index in [4.69, 9.17) is 5.11 Å². The molecule has 0 radical (unpaired) electrons. The largest absolute Gasteiger partial charge is 0.481 e. The highest BCUT2D eigenvalue weighted by Crippen LogP contribution is 2.22. The average Bonchev–Trinajstić information content (AvgIpc) is 2.69. The van der Waals surface area contributed by atoms with E-state index < -0.39 is 21.9 Å². The van der Waals surface area contributed by atoms with Crippen LogP contribution in [0.15, 0.2) is 29.2 Å². The van der Waals surface area contributed by atoms with Crippen LogP contribution in [0.2, 0.25) is 0 Å². The molecule has 0 aromatic heterocycles. The first kappa shape index (κ1) is 19.8. The van der Waals surface area contributed by atoms with Gasteiger partial charge in [-0.25, -0.2) is 8.42 Å². The van der Waals surface area contributed by atoms with Crippen molar-refractivity contribution in [3.05, 3.63) is 29.8 Å². The van der Waals surface area contributed by atoms with Gasteiger partial charge in [-0.3, -0.25) is 9.59 Å². The number of amides is 1. The summed E-state index contributed by atoms with van der Waals surface area (Å²) in [5.74, 6) is -1.48. The van der Waals surface area contributed by atoms with Gasteiger partial charge in [-0.15, -0.1) is 0 Å². The lowest BCUT2D eigenvalue weighted by Crippen LogP contribution is -2.43. The van der Waals surface area contributed by atoms with Gasteiger partial charge in [0.1, 0.15) is 0 Å². The number of piperidine rings is 2. The summed E-state index contributed by atoms with van der Waals surface area (Å²) in [7, 11) is -3.47. The molecule has 2 saturated heterocycles. The Kier molecular flexibility index (Phi) is 6.16. The Hall–Kier alpha value is -1.93. The molecule has 1 unspecified atom stereocenters. The van der Waals surface area contributed by atoms with Gasteiger partial charge >= 0.3 is 5.97 Å². The Labute approximate surface area is 160 Å². The molecule has 1 N–H and O–H groups in total. The lowest BCUT2D eigenvalue weighted by atomic mass is 9.97. The van der Waals surface area contributed by atoms with E-state index in [0.29, 0.717) is 32.5 Å². The Bertz CT molecular complexity index is 785. The van der Waals surface area contributed by atoms with Crippen LogP contribution < -0.4 is 0 Å². The molecule has 0 aliphatic carbocycles. The third kappa shape index (κ3) is 4.68. The molecule has 0 saturated carbocycles. The highest BCUT2D eigenvalue weighted by molar-refractivity contribution is 7.89. The molecule has 2 fully saturated rings. The van der Waals surface area contributed by atoms with Crippen molar-refractivity contribution in [2.24, 2.45) is 5.92 Å². The van der Waals surface area contributed by atoms with Gasteiger partial charge in [0, 0.05) is 26.2 Å². The van der Waals surface area contributed by atoms with Crippen LogP contribution in [0.5, 0.6) is 0 Å². The van der Waals surface area contributed by atoms with Crippen LogP contribution in [0.3, 0.4) is 0 Å². The van der Waals surface area contributed by atoms with Crippen molar-refractivity contribution in [3.8, 4) is 0 Å². The topological polar surface area (TPSA) is 95.0 Å². The van der Waals surface area contributed by atoms with Crippen LogP contribution in [-0.2, 0) is 26.0 Å². The summed E-state index contributed by atoms with van der Waals surface area (Å²) in [5, 5.41) is 9.14. The van der Waals surface area contributed by atoms with Crippen LogP contribution in [0.1, 0.15) is 37.7 Å². The Morgan fingerprint density at radius 2 is 1.67 bits per heavy atom. The van der Waals surface area contributed by atoms with E-state index in [1.165, 1.54) is 4.31 Å². The van der Waals surface area contributed by atoms with E-state index in [1.807, 2.05) is 0 Å². The normalized spacial score (nSPS) is 21.8. The number of hydrogen-bond acceptors (Lipinski definition) is 4. The van der Waals surface area contributed by atoms with Gasteiger partial charge < -0.3 is 10.0 Å². The van der Waals surface area contributed by atoms with Crippen LogP contribution in [0.25, 0.3) is 0 Å². The van der Waals surface area contributed by atoms with Crippen molar-refractivity contribution < 1.29 is 23.1 Å². The van der Waals surface area contributed by atoms with Crippen molar-refractivity contribution in [1.29, 1.82) is 0 Å². The van der Waals surface area contributed by atoms with Crippen molar-refractivity contribution in [2.45, 2.75) is 43.4 Å². The molecule has 1 aromatic rings. The quantitative estimate of drug-likeness (QED) is 0.821. The molecule has 0 bridgehead atoms. The molecule has 0 spiro atoms. The minimum atomic E-state index is -3.47. The summed E-state index contributed by atoms with van der Waals surface area (Å²) < 4.78 is 26.9. The molecule has 148 valence electrons. The standard InChI is InChI=1S/C19H26N2O5S/c22-18(20-10-4-5-16(14-20)19(23)24)13-15-6-8-17(9-7-15)27(25,26)21-11-2-1-3-12-21/h6-9,16H,1-5,10-14H2,(H,23,24). The number of hydrogen-bond donors (Lipinski definition) is 1. The zero-order chi connectivity index (χ0) is 19.4. The molecule has 2 aliphatic heterocycles. The maximum Gasteiger partial charge on any atom is 0.308 e. The summed E-state index contributed by atoms with van der Waals surface area (Å²) in [5.41, 5.74) is 0.732. The minimum absolute atomic E-state index is 0.118. The molecule has 3 rings (SSSR count). The number of carboxylic acids is 1. The second kappa shape index (κ2) is 8.39. The van der Waals surface area contributed by atoms with Gasteiger partial charge in [0.05, 0.1) is 17.2 Å². The third-order valence-electron chi connectivity index (χ3n) is 5.35. The van der Waals surface area contributed by atoms with Gasteiger partial charge in [0.15, 0.2) is 0 Å². The number of rotatable bonds is 5. The van der Waals surface area contributed by atoms with Crippen LogP contribution >= 0.6 is 0 Å². The predicted molar refractivity (Wildman–Crippen MR) is 99.7 cm³/mol. The molecule has 1 aromatic carbocycles.